The zero-order valence-electron chi connectivity index (χ0n) is 8.27. The summed E-state index contributed by atoms with van der Waals surface area (Å²) in [6.07, 6.45) is 6.11. The molecule has 4 heteroatoms. The molecule has 0 N–H and O–H groups in total. The van der Waals surface area contributed by atoms with Gasteiger partial charge in [-0.2, -0.15) is 0 Å². The van der Waals surface area contributed by atoms with Gasteiger partial charge in [0.15, 0.2) is 0 Å². The Labute approximate surface area is 83.1 Å². The molecule has 1 saturated carbocycles. The van der Waals surface area contributed by atoms with Crippen molar-refractivity contribution in [3.05, 3.63) is 0 Å². The summed E-state index contributed by atoms with van der Waals surface area (Å²) in [4.78, 5) is 27.5. The van der Waals surface area contributed by atoms with Gasteiger partial charge in [0.05, 0.1) is 12.6 Å². The highest BCUT2D eigenvalue weighted by molar-refractivity contribution is 5.34. The highest BCUT2D eigenvalue weighted by Crippen LogP contribution is 2.30. The number of hydrogen-bond acceptors (Lipinski definition) is 4. The monoisotopic (exact) mass is 194 g/mol. The second-order valence-electron chi connectivity index (χ2n) is 3.90. The minimum atomic E-state index is -0.00616. The van der Waals surface area contributed by atoms with Crippen molar-refractivity contribution in [2.24, 2.45) is 21.8 Å². The number of hydrogen-bond donors (Lipinski definition) is 0. The summed E-state index contributed by atoms with van der Waals surface area (Å²) in [7, 11) is 0. The molecule has 4 nitrogen and oxygen atoms in total. The molecule has 1 aliphatic carbocycles. The van der Waals surface area contributed by atoms with Crippen LogP contribution in [0.4, 0.5) is 0 Å². The van der Waals surface area contributed by atoms with Crippen LogP contribution >= 0.6 is 0 Å². The summed E-state index contributed by atoms with van der Waals surface area (Å²) in [5.41, 5.74) is 0. The molecule has 0 saturated heterocycles. The van der Waals surface area contributed by atoms with E-state index in [1.807, 2.05) is 0 Å². The molecule has 76 valence electrons. The van der Waals surface area contributed by atoms with E-state index in [0.717, 1.165) is 19.3 Å². The van der Waals surface area contributed by atoms with Crippen molar-refractivity contribution < 1.29 is 9.59 Å². The average Bonchev–Trinajstić information content (AvgIpc) is 2.17. The number of aliphatic imine (C=N–C) groups is 2. The van der Waals surface area contributed by atoms with E-state index in [9.17, 15) is 9.59 Å². The summed E-state index contributed by atoms with van der Waals surface area (Å²) < 4.78 is 0. The number of carbonyl (C=O) groups excluding carboxylic acids is 2. The van der Waals surface area contributed by atoms with Crippen LogP contribution in [0.3, 0.4) is 0 Å². The zero-order valence-corrected chi connectivity index (χ0v) is 8.27. The first-order chi connectivity index (χ1) is 6.77. The lowest BCUT2D eigenvalue weighted by molar-refractivity contribution is 0.257. The average molecular weight is 194 g/mol. The predicted molar refractivity (Wildman–Crippen MR) is 51.4 cm³/mol. The summed E-state index contributed by atoms with van der Waals surface area (Å²) in [5.74, 6) is 0.808. The zero-order chi connectivity index (χ0) is 10.4. The van der Waals surface area contributed by atoms with Gasteiger partial charge in [-0.3, -0.25) is 0 Å². The van der Waals surface area contributed by atoms with Crippen LogP contribution in [0.15, 0.2) is 9.98 Å². The topological polar surface area (TPSA) is 58.9 Å². The van der Waals surface area contributed by atoms with Crippen LogP contribution in [0.25, 0.3) is 0 Å². The van der Waals surface area contributed by atoms with E-state index in [4.69, 9.17) is 0 Å². The molecule has 3 atom stereocenters. The van der Waals surface area contributed by atoms with Crippen molar-refractivity contribution in [3.63, 3.8) is 0 Å². The molecule has 1 rings (SSSR count). The van der Waals surface area contributed by atoms with E-state index >= 15 is 0 Å². The van der Waals surface area contributed by atoms with Gasteiger partial charge >= 0.3 is 0 Å². The highest BCUT2D eigenvalue weighted by atomic mass is 16.1. The normalized spacial score (nSPS) is 31.4. The number of nitrogens with zero attached hydrogens (tertiary/aromatic N) is 2. The van der Waals surface area contributed by atoms with Gasteiger partial charge in [-0.25, -0.2) is 19.6 Å². The van der Waals surface area contributed by atoms with Crippen molar-refractivity contribution >= 4 is 12.2 Å². The molecule has 0 spiro atoms. The predicted octanol–water partition coefficient (Wildman–Crippen LogP) is 1.46. The van der Waals surface area contributed by atoms with Crippen molar-refractivity contribution in [1.82, 2.24) is 0 Å². The van der Waals surface area contributed by atoms with Crippen molar-refractivity contribution in [3.8, 4) is 0 Å². The lowest BCUT2D eigenvalue weighted by Crippen LogP contribution is -2.29. The van der Waals surface area contributed by atoms with Gasteiger partial charge in [0, 0.05) is 5.92 Å². The minimum Gasteiger partial charge on any atom is -0.211 e. The van der Waals surface area contributed by atoms with Crippen molar-refractivity contribution in [2.75, 3.05) is 6.54 Å². The van der Waals surface area contributed by atoms with Gasteiger partial charge < -0.3 is 0 Å². The molecule has 0 radical (unpaired) electrons. The van der Waals surface area contributed by atoms with E-state index in [1.54, 1.807) is 6.08 Å². The quantitative estimate of drug-likeness (QED) is 0.504. The van der Waals surface area contributed by atoms with Gasteiger partial charge in [-0.15, -0.1) is 0 Å². The third kappa shape index (κ3) is 2.91. The standard InChI is InChI=1S/C10H14N2O2/c1-8-2-3-9(5-11-6-13)10(4-8)12-7-14/h8-10H,2-5H2,1H3. The molecule has 14 heavy (non-hydrogen) atoms. The fourth-order valence-electron chi connectivity index (χ4n) is 2.01. The van der Waals surface area contributed by atoms with Gasteiger partial charge in [0.25, 0.3) is 0 Å². The van der Waals surface area contributed by atoms with Gasteiger partial charge in [0.2, 0.25) is 12.2 Å². The molecule has 3 unspecified atom stereocenters. The third-order valence-corrected chi connectivity index (χ3v) is 2.83. The molecule has 0 aromatic carbocycles. The Morgan fingerprint density at radius 3 is 2.71 bits per heavy atom. The van der Waals surface area contributed by atoms with Crippen LogP contribution in [-0.2, 0) is 9.59 Å². The fourth-order valence-corrected chi connectivity index (χ4v) is 2.01. The number of rotatable bonds is 3. The molecular formula is C10H14N2O2. The molecule has 0 bridgehead atoms. The Balaban J connectivity index is 2.61. The summed E-state index contributed by atoms with van der Waals surface area (Å²) in [6.45, 7) is 2.58. The van der Waals surface area contributed by atoms with E-state index in [2.05, 4.69) is 16.9 Å². The largest absolute Gasteiger partial charge is 0.235 e. The maximum Gasteiger partial charge on any atom is 0.235 e. The Hall–Kier alpha value is -1.24. The molecule has 0 aromatic heterocycles. The van der Waals surface area contributed by atoms with Crippen LogP contribution in [0.1, 0.15) is 26.2 Å². The third-order valence-electron chi connectivity index (χ3n) is 2.83. The Kier molecular flexibility index (Phi) is 4.24. The first-order valence-corrected chi connectivity index (χ1v) is 4.88. The first-order valence-electron chi connectivity index (χ1n) is 4.88. The second kappa shape index (κ2) is 5.48. The maximum atomic E-state index is 10.2. The van der Waals surface area contributed by atoms with Crippen LogP contribution < -0.4 is 0 Å². The summed E-state index contributed by atoms with van der Waals surface area (Å²) in [6, 6.07) is -0.00616. The van der Waals surface area contributed by atoms with Crippen molar-refractivity contribution in [2.45, 2.75) is 32.2 Å². The molecule has 0 amide bonds. The van der Waals surface area contributed by atoms with E-state index in [1.165, 1.54) is 6.08 Å². The molecule has 1 fully saturated rings. The molecular weight excluding hydrogens is 180 g/mol. The minimum absolute atomic E-state index is 0.00616. The molecule has 0 aromatic rings. The van der Waals surface area contributed by atoms with Crippen LogP contribution in [0, 0.1) is 11.8 Å². The first kappa shape index (κ1) is 10.8. The summed E-state index contributed by atoms with van der Waals surface area (Å²) >= 11 is 0. The van der Waals surface area contributed by atoms with E-state index < -0.39 is 0 Å². The summed E-state index contributed by atoms with van der Waals surface area (Å²) in [5, 5.41) is 0. The highest BCUT2D eigenvalue weighted by Gasteiger charge is 2.28. The van der Waals surface area contributed by atoms with Crippen LogP contribution in [-0.4, -0.2) is 24.7 Å². The molecule has 0 heterocycles. The molecule has 0 aliphatic heterocycles. The maximum absolute atomic E-state index is 10.2. The van der Waals surface area contributed by atoms with Crippen molar-refractivity contribution in [1.29, 1.82) is 0 Å². The van der Waals surface area contributed by atoms with Gasteiger partial charge in [-0.05, 0) is 18.8 Å². The lowest BCUT2D eigenvalue weighted by atomic mass is 9.79. The smallest absolute Gasteiger partial charge is 0.211 e. The van der Waals surface area contributed by atoms with Crippen LogP contribution in [0.2, 0.25) is 0 Å². The Morgan fingerprint density at radius 2 is 2.07 bits per heavy atom. The SMILES string of the molecule is CC1CCC(CN=C=O)C(N=C=O)C1. The Morgan fingerprint density at radius 1 is 1.29 bits per heavy atom. The lowest BCUT2D eigenvalue weighted by Gasteiger charge is -2.29. The Bertz CT molecular complexity index is 278. The van der Waals surface area contributed by atoms with Gasteiger partial charge in [0.1, 0.15) is 0 Å². The fraction of sp³-hybridized carbons (Fsp3) is 0.800. The van der Waals surface area contributed by atoms with E-state index in [-0.39, 0.29) is 12.0 Å². The number of isocyanates is 2. The van der Waals surface area contributed by atoms with Crippen LogP contribution in [0.5, 0.6) is 0 Å². The second-order valence-corrected chi connectivity index (χ2v) is 3.90. The molecule has 1 aliphatic rings. The van der Waals surface area contributed by atoms with E-state index in [0.29, 0.717) is 12.5 Å². The van der Waals surface area contributed by atoms with Gasteiger partial charge in [-0.1, -0.05) is 13.3 Å².